The molecular formula is C16H14ClFN6O3. The van der Waals surface area contributed by atoms with Gasteiger partial charge in [-0.3, -0.25) is 14.9 Å². The maximum Gasteiger partial charge on any atom is 0.322 e. The molecule has 4 rings (SSSR count). The minimum absolute atomic E-state index is 0.00127. The third-order valence-electron chi connectivity index (χ3n) is 4.69. The molecule has 2 fully saturated rings. The molecule has 140 valence electrons. The highest BCUT2D eigenvalue weighted by atomic mass is 35.5. The first kappa shape index (κ1) is 17.4. The van der Waals surface area contributed by atoms with Crippen LogP contribution in [0.15, 0.2) is 30.5 Å². The van der Waals surface area contributed by atoms with E-state index in [1.54, 1.807) is 0 Å². The number of benzene rings is 1. The van der Waals surface area contributed by atoms with E-state index in [2.05, 4.69) is 26.1 Å². The first-order valence-corrected chi connectivity index (χ1v) is 8.50. The van der Waals surface area contributed by atoms with Crippen LogP contribution in [0.3, 0.4) is 0 Å². The Balaban J connectivity index is 1.49. The molecule has 2 aromatic rings. The Labute approximate surface area is 157 Å². The van der Waals surface area contributed by atoms with Gasteiger partial charge < -0.3 is 10.6 Å². The Morgan fingerprint density at radius 3 is 2.59 bits per heavy atom. The molecule has 1 aromatic carbocycles. The van der Waals surface area contributed by atoms with Gasteiger partial charge in [0, 0.05) is 0 Å². The van der Waals surface area contributed by atoms with Gasteiger partial charge in [0.1, 0.15) is 5.82 Å². The SMILES string of the molecule is O=C1NC(=O)[C@](CNC(=O)c2cnn(-c3ccc(F)cc3)n2)(C2(Cl)CC2)N1. The van der Waals surface area contributed by atoms with Gasteiger partial charge >= 0.3 is 6.03 Å². The smallest absolute Gasteiger partial charge is 0.322 e. The lowest BCUT2D eigenvalue weighted by Crippen LogP contribution is -2.62. The number of amides is 4. The molecule has 1 aromatic heterocycles. The third-order valence-corrected chi connectivity index (χ3v) is 5.39. The molecule has 0 bridgehead atoms. The van der Waals surface area contributed by atoms with Crippen LogP contribution in [0.4, 0.5) is 9.18 Å². The molecule has 0 unspecified atom stereocenters. The molecule has 1 saturated heterocycles. The Morgan fingerprint density at radius 2 is 2.00 bits per heavy atom. The molecule has 2 aliphatic rings. The molecule has 1 atom stereocenters. The average molecular weight is 393 g/mol. The molecule has 0 spiro atoms. The summed E-state index contributed by atoms with van der Waals surface area (Å²) in [5, 5.41) is 15.3. The second-order valence-electron chi connectivity index (χ2n) is 6.46. The lowest BCUT2D eigenvalue weighted by molar-refractivity contribution is -0.124. The van der Waals surface area contributed by atoms with Crippen LogP contribution in [-0.2, 0) is 4.79 Å². The number of alkyl halides is 1. The van der Waals surface area contributed by atoms with E-state index in [-0.39, 0.29) is 12.2 Å². The van der Waals surface area contributed by atoms with Gasteiger partial charge in [-0.25, -0.2) is 9.18 Å². The first-order valence-electron chi connectivity index (χ1n) is 8.12. The van der Waals surface area contributed by atoms with Crippen LogP contribution in [-0.4, -0.2) is 49.8 Å². The Bertz CT molecular complexity index is 942. The van der Waals surface area contributed by atoms with E-state index >= 15 is 0 Å². The zero-order valence-corrected chi connectivity index (χ0v) is 14.6. The highest BCUT2D eigenvalue weighted by Gasteiger charge is 2.66. The van der Waals surface area contributed by atoms with E-state index in [0.717, 1.165) is 0 Å². The molecular weight excluding hydrogens is 379 g/mol. The van der Waals surface area contributed by atoms with Crippen molar-refractivity contribution in [3.05, 3.63) is 42.0 Å². The fraction of sp³-hybridized carbons (Fsp3) is 0.312. The maximum atomic E-state index is 13.0. The lowest BCUT2D eigenvalue weighted by Gasteiger charge is -2.30. The summed E-state index contributed by atoms with van der Waals surface area (Å²) in [6.07, 6.45) is 2.32. The maximum absolute atomic E-state index is 13.0. The number of halogens is 2. The van der Waals surface area contributed by atoms with Crippen molar-refractivity contribution in [3.8, 4) is 5.69 Å². The van der Waals surface area contributed by atoms with Crippen molar-refractivity contribution in [1.29, 1.82) is 0 Å². The fourth-order valence-electron chi connectivity index (χ4n) is 3.00. The van der Waals surface area contributed by atoms with Gasteiger partial charge in [0.15, 0.2) is 11.2 Å². The number of carbonyl (C=O) groups excluding carboxylic acids is 3. The van der Waals surface area contributed by atoms with E-state index in [1.165, 1.54) is 35.3 Å². The van der Waals surface area contributed by atoms with E-state index in [1.807, 2.05) is 0 Å². The molecule has 3 N–H and O–H groups in total. The number of aromatic nitrogens is 3. The molecule has 1 saturated carbocycles. The minimum atomic E-state index is -1.41. The summed E-state index contributed by atoms with van der Waals surface area (Å²) in [7, 11) is 0. The van der Waals surface area contributed by atoms with E-state index in [9.17, 15) is 18.8 Å². The average Bonchev–Trinajstić information content (AvgIpc) is 3.08. The van der Waals surface area contributed by atoms with Crippen LogP contribution < -0.4 is 16.0 Å². The largest absolute Gasteiger partial charge is 0.348 e. The van der Waals surface area contributed by atoms with Gasteiger partial charge in [-0.15, -0.1) is 16.7 Å². The second kappa shape index (κ2) is 6.02. The molecule has 4 amide bonds. The molecule has 27 heavy (non-hydrogen) atoms. The van der Waals surface area contributed by atoms with Crippen molar-refractivity contribution >= 4 is 29.4 Å². The highest BCUT2D eigenvalue weighted by molar-refractivity contribution is 6.30. The van der Waals surface area contributed by atoms with Crippen molar-refractivity contribution in [2.24, 2.45) is 0 Å². The third kappa shape index (κ3) is 2.91. The summed E-state index contributed by atoms with van der Waals surface area (Å²) in [6.45, 7) is -0.184. The lowest BCUT2D eigenvalue weighted by atomic mass is 9.92. The number of urea groups is 1. The monoisotopic (exact) mass is 392 g/mol. The molecule has 11 heteroatoms. The van der Waals surface area contributed by atoms with E-state index in [0.29, 0.717) is 18.5 Å². The van der Waals surface area contributed by atoms with E-state index < -0.39 is 34.1 Å². The van der Waals surface area contributed by atoms with Crippen molar-refractivity contribution < 1.29 is 18.8 Å². The molecule has 1 aliphatic heterocycles. The first-order chi connectivity index (χ1) is 12.8. The van der Waals surface area contributed by atoms with Crippen LogP contribution >= 0.6 is 11.6 Å². The highest BCUT2D eigenvalue weighted by Crippen LogP contribution is 2.51. The number of carbonyl (C=O) groups is 3. The zero-order valence-electron chi connectivity index (χ0n) is 13.8. The van der Waals surface area contributed by atoms with Crippen LogP contribution in [0, 0.1) is 5.82 Å². The van der Waals surface area contributed by atoms with E-state index in [4.69, 9.17) is 11.6 Å². The summed E-state index contributed by atoms with van der Waals surface area (Å²) in [6, 6.07) is 4.78. The van der Waals surface area contributed by atoms with Crippen LogP contribution in [0.2, 0.25) is 0 Å². The summed E-state index contributed by atoms with van der Waals surface area (Å²) >= 11 is 6.40. The predicted molar refractivity (Wildman–Crippen MR) is 90.9 cm³/mol. The summed E-state index contributed by atoms with van der Waals surface area (Å²) in [5.74, 6) is -1.56. The van der Waals surface area contributed by atoms with Crippen molar-refractivity contribution in [3.63, 3.8) is 0 Å². The van der Waals surface area contributed by atoms with Gasteiger partial charge in [0.25, 0.3) is 11.8 Å². The zero-order chi connectivity index (χ0) is 19.2. The van der Waals surface area contributed by atoms with Crippen molar-refractivity contribution in [2.75, 3.05) is 6.54 Å². The van der Waals surface area contributed by atoms with Crippen LogP contribution in [0.5, 0.6) is 0 Å². The number of hydrogen-bond acceptors (Lipinski definition) is 5. The molecule has 9 nitrogen and oxygen atoms in total. The number of imide groups is 1. The van der Waals surface area contributed by atoms with Crippen LogP contribution in [0.1, 0.15) is 23.3 Å². The topological polar surface area (TPSA) is 118 Å². The Hall–Kier alpha value is -3.01. The van der Waals surface area contributed by atoms with Crippen molar-refractivity contribution in [2.45, 2.75) is 23.3 Å². The predicted octanol–water partition coefficient (Wildman–Crippen LogP) is 0.486. The van der Waals surface area contributed by atoms with Gasteiger partial charge in [-0.05, 0) is 37.1 Å². The normalized spacial score (nSPS) is 22.9. The Kier molecular flexibility index (Phi) is 3.88. The minimum Gasteiger partial charge on any atom is -0.348 e. The quantitative estimate of drug-likeness (QED) is 0.505. The summed E-state index contributed by atoms with van der Waals surface area (Å²) < 4.78 is 13.0. The van der Waals surface area contributed by atoms with Gasteiger partial charge in [-0.2, -0.15) is 9.90 Å². The molecule has 1 aliphatic carbocycles. The molecule has 2 heterocycles. The summed E-state index contributed by atoms with van der Waals surface area (Å²) in [4.78, 5) is 36.5. The Morgan fingerprint density at radius 1 is 1.30 bits per heavy atom. The van der Waals surface area contributed by atoms with Crippen LogP contribution in [0.25, 0.3) is 5.69 Å². The van der Waals surface area contributed by atoms with Gasteiger partial charge in [0.2, 0.25) is 0 Å². The number of hydrogen-bond donors (Lipinski definition) is 3. The van der Waals surface area contributed by atoms with Crippen molar-refractivity contribution in [1.82, 2.24) is 30.9 Å². The second-order valence-corrected chi connectivity index (χ2v) is 7.18. The number of nitrogens with one attached hydrogen (secondary N) is 3. The fourth-order valence-corrected chi connectivity index (χ4v) is 3.29. The van der Waals surface area contributed by atoms with Gasteiger partial charge in [-0.1, -0.05) is 0 Å². The number of nitrogens with zero attached hydrogens (tertiary/aromatic N) is 3. The standard InChI is InChI=1S/C16H14ClFN6O3/c17-15(5-6-15)16(13(26)21-14(27)22-16)8-19-12(25)11-7-20-24(23-11)10-3-1-9(18)2-4-10/h1-4,7H,5-6,8H2,(H,19,25)(H2,21,22,26,27)/t16-/m1/s1. The summed E-state index contributed by atoms with van der Waals surface area (Å²) in [5.41, 5.74) is -0.931. The van der Waals surface area contributed by atoms with Gasteiger partial charge in [0.05, 0.1) is 23.3 Å². The molecule has 0 radical (unpaired) electrons. The number of rotatable bonds is 5.